The Balaban J connectivity index is 1.27. The van der Waals surface area contributed by atoms with Crippen LogP contribution < -0.4 is 0 Å². The fourth-order valence-corrected chi connectivity index (χ4v) is 6.09. The summed E-state index contributed by atoms with van der Waals surface area (Å²) in [5.74, 6) is 1.36. The van der Waals surface area contributed by atoms with E-state index in [4.69, 9.17) is 16.6 Å². The van der Waals surface area contributed by atoms with Crippen LogP contribution in [0.4, 0.5) is 4.39 Å². The number of hydrogen-bond acceptors (Lipinski definition) is 2. The Labute approximate surface area is 179 Å². The topological polar surface area (TPSA) is 41.6 Å². The third-order valence-electron chi connectivity index (χ3n) is 7.82. The molecule has 1 unspecified atom stereocenters. The van der Waals surface area contributed by atoms with E-state index in [1.54, 1.807) is 12.1 Å². The van der Waals surface area contributed by atoms with Crippen LogP contribution in [-0.4, -0.2) is 15.0 Å². The highest BCUT2D eigenvalue weighted by Crippen LogP contribution is 2.71. The number of aromatic amines is 1. The second kappa shape index (κ2) is 6.27. The van der Waals surface area contributed by atoms with Gasteiger partial charge in [-0.15, -0.1) is 0 Å². The summed E-state index contributed by atoms with van der Waals surface area (Å²) in [5, 5.41) is 1.70. The molecule has 1 atom stereocenters. The van der Waals surface area contributed by atoms with Crippen LogP contribution in [0.25, 0.3) is 21.9 Å². The van der Waals surface area contributed by atoms with E-state index in [0.717, 1.165) is 45.6 Å². The molecule has 30 heavy (non-hydrogen) atoms. The van der Waals surface area contributed by atoms with E-state index in [1.165, 1.54) is 30.9 Å². The minimum atomic E-state index is -0.191. The Hall–Kier alpha value is -2.46. The summed E-state index contributed by atoms with van der Waals surface area (Å²) >= 11 is 6.15. The number of aromatic nitrogens is 3. The number of halogens is 2. The van der Waals surface area contributed by atoms with Crippen molar-refractivity contribution < 1.29 is 4.39 Å². The lowest BCUT2D eigenvalue weighted by molar-refractivity contribution is 0.269. The van der Waals surface area contributed by atoms with Crippen LogP contribution in [0.15, 0.2) is 48.7 Å². The molecule has 152 valence electrons. The standard InChI is InChI=1S/C25H23ClFN3/c1-24(23-29-21-4-2-16(26)12-22(21)30-23)14-25(24)9-6-15(7-10-25)18-8-11-28-20-5-3-17(27)13-19(18)20/h2-5,8,11-13,15H,6-7,9-10,14H2,1H3,(H,29,30). The largest absolute Gasteiger partial charge is 0.341 e. The number of rotatable bonds is 2. The molecule has 3 nitrogen and oxygen atoms in total. The van der Waals surface area contributed by atoms with E-state index in [1.807, 2.05) is 24.4 Å². The van der Waals surface area contributed by atoms with Gasteiger partial charge in [-0.1, -0.05) is 18.5 Å². The van der Waals surface area contributed by atoms with E-state index < -0.39 is 0 Å². The molecule has 2 aromatic heterocycles. The Bertz CT molecular complexity index is 1290. The van der Waals surface area contributed by atoms with Crippen LogP contribution in [0.3, 0.4) is 0 Å². The average molecular weight is 420 g/mol. The van der Waals surface area contributed by atoms with Crippen molar-refractivity contribution in [2.45, 2.75) is 50.4 Å². The lowest BCUT2D eigenvalue weighted by Crippen LogP contribution is -2.23. The number of nitrogens with zero attached hydrogens (tertiary/aromatic N) is 2. The van der Waals surface area contributed by atoms with Crippen LogP contribution >= 0.6 is 11.6 Å². The smallest absolute Gasteiger partial charge is 0.123 e. The second-order valence-electron chi connectivity index (χ2n) is 9.37. The minimum Gasteiger partial charge on any atom is -0.341 e. The van der Waals surface area contributed by atoms with Gasteiger partial charge in [-0.3, -0.25) is 4.98 Å². The van der Waals surface area contributed by atoms with E-state index in [-0.39, 0.29) is 11.2 Å². The van der Waals surface area contributed by atoms with Gasteiger partial charge in [0.05, 0.1) is 16.6 Å². The summed E-state index contributed by atoms with van der Waals surface area (Å²) < 4.78 is 13.9. The molecule has 1 spiro atoms. The molecule has 4 aromatic rings. The van der Waals surface area contributed by atoms with E-state index in [2.05, 4.69) is 23.0 Å². The molecule has 2 aliphatic carbocycles. The average Bonchev–Trinajstić information content (AvgIpc) is 3.10. The van der Waals surface area contributed by atoms with Crippen molar-refractivity contribution >= 4 is 33.5 Å². The summed E-state index contributed by atoms with van der Waals surface area (Å²) in [5.41, 5.74) is 4.53. The summed E-state index contributed by atoms with van der Waals surface area (Å²) in [6.07, 6.45) is 7.62. The van der Waals surface area contributed by atoms with Gasteiger partial charge in [0.15, 0.2) is 0 Å². The highest BCUT2D eigenvalue weighted by atomic mass is 35.5. The Kier molecular flexibility index (Phi) is 3.83. The quantitative estimate of drug-likeness (QED) is 0.383. The number of imidazole rings is 1. The maximum Gasteiger partial charge on any atom is 0.123 e. The first-order valence-electron chi connectivity index (χ1n) is 10.7. The van der Waals surface area contributed by atoms with Gasteiger partial charge in [-0.2, -0.15) is 0 Å². The van der Waals surface area contributed by atoms with Gasteiger partial charge in [0.2, 0.25) is 0 Å². The fraction of sp³-hybridized carbons (Fsp3) is 0.360. The lowest BCUT2D eigenvalue weighted by Gasteiger charge is -2.32. The van der Waals surface area contributed by atoms with Crippen LogP contribution in [0, 0.1) is 11.2 Å². The van der Waals surface area contributed by atoms with Crippen molar-refractivity contribution in [1.29, 1.82) is 0 Å². The SMILES string of the molecule is CC1(c2nc3ccc(Cl)cc3[nH]2)CC12CCC(c1ccnc3ccc(F)cc13)CC2. The Morgan fingerprint density at radius 2 is 1.87 bits per heavy atom. The minimum absolute atomic E-state index is 0.0931. The van der Waals surface area contributed by atoms with E-state index in [0.29, 0.717) is 11.3 Å². The number of fused-ring (bicyclic) bond motifs is 2. The van der Waals surface area contributed by atoms with Crippen LogP contribution in [0.2, 0.25) is 5.02 Å². The summed E-state index contributed by atoms with van der Waals surface area (Å²) in [6, 6.07) is 12.8. The number of pyridine rings is 1. The third kappa shape index (κ3) is 2.63. The van der Waals surface area contributed by atoms with E-state index >= 15 is 0 Å². The zero-order chi connectivity index (χ0) is 20.5. The molecule has 2 fully saturated rings. The molecule has 0 bridgehead atoms. The van der Waals surface area contributed by atoms with Gasteiger partial charge >= 0.3 is 0 Å². The van der Waals surface area contributed by atoms with Crippen molar-refractivity contribution in [3.8, 4) is 0 Å². The summed E-state index contributed by atoms with van der Waals surface area (Å²) in [7, 11) is 0. The number of nitrogens with one attached hydrogen (secondary N) is 1. The summed E-state index contributed by atoms with van der Waals surface area (Å²) in [6.45, 7) is 2.35. The predicted octanol–water partition coefficient (Wildman–Crippen LogP) is 6.91. The monoisotopic (exact) mass is 419 g/mol. The molecule has 0 aliphatic heterocycles. The fourth-order valence-electron chi connectivity index (χ4n) is 5.92. The maximum absolute atomic E-state index is 13.9. The first kappa shape index (κ1) is 18.3. The van der Waals surface area contributed by atoms with Crippen molar-refractivity contribution in [3.05, 3.63) is 70.9 Å². The molecule has 0 saturated heterocycles. The molecule has 0 radical (unpaired) electrons. The molecular weight excluding hydrogens is 397 g/mol. The van der Waals surface area contributed by atoms with Gasteiger partial charge in [0, 0.05) is 22.0 Å². The first-order chi connectivity index (χ1) is 14.5. The van der Waals surface area contributed by atoms with Crippen LogP contribution in [0.1, 0.15) is 56.3 Å². The molecule has 6 rings (SSSR count). The molecular formula is C25H23ClFN3. The highest BCUT2D eigenvalue weighted by Gasteiger charge is 2.66. The summed E-state index contributed by atoms with van der Waals surface area (Å²) in [4.78, 5) is 12.9. The molecule has 2 heterocycles. The van der Waals surface area contributed by atoms with Crippen molar-refractivity contribution in [3.63, 3.8) is 0 Å². The molecule has 2 aromatic carbocycles. The predicted molar refractivity (Wildman–Crippen MR) is 118 cm³/mol. The molecule has 1 N–H and O–H groups in total. The molecule has 0 amide bonds. The number of hydrogen-bond donors (Lipinski definition) is 1. The van der Waals surface area contributed by atoms with Gasteiger partial charge in [0.25, 0.3) is 0 Å². The molecule has 2 saturated carbocycles. The molecule has 5 heteroatoms. The number of H-pyrrole nitrogens is 1. The van der Waals surface area contributed by atoms with Crippen molar-refractivity contribution in [2.24, 2.45) is 5.41 Å². The van der Waals surface area contributed by atoms with Gasteiger partial charge < -0.3 is 4.98 Å². The Morgan fingerprint density at radius 1 is 1.07 bits per heavy atom. The third-order valence-corrected chi connectivity index (χ3v) is 8.06. The maximum atomic E-state index is 13.9. The van der Waals surface area contributed by atoms with Gasteiger partial charge in [-0.25, -0.2) is 9.37 Å². The molecule has 2 aliphatic rings. The van der Waals surface area contributed by atoms with Gasteiger partial charge in [0.1, 0.15) is 11.6 Å². The van der Waals surface area contributed by atoms with Gasteiger partial charge in [-0.05, 0) is 91.5 Å². The van der Waals surface area contributed by atoms with Crippen LogP contribution in [0.5, 0.6) is 0 Å². The Morgan fingerprint density at radius 3 is 2.70 bits per heavy atom. The first-order valence-corrected chi connectivity index (χ1v) is 11.1. The normalized spacial score (nSPS) is 28.4. The van der Waals surface area contributed by atoms with E-state index in [9.17, 15) is 4.39 Å². The zero-order valence-electron chi connectivity index (χ0n) is 16.9. The van der Waals surface area contributed by atoms with Crippen molar-refractivity contribution in [1.82, 2.24) is 15.0 Å². The zero-order valence-corrected chi connectivity index (χ0v) is 17.6. The highest BCUT2D eigenvalue weighted by molar-refractivity contribution is 6.31. The number of benzene rings is 2. The van der Waals surface area contributed by atoms with Crippen LogP contribution in [-0.2, 0) is 5.41 Å². The second-order valence-corrected chi connectivity index (χ2v) is 9.81. The lowest BCUT2D eigenvalue weighted by atomic mass is 9.73. The van der Waals surface area contributed by atoms with Crippen molar-refractivity contribution in [2.75, 3.05) is 0 Å².